The number of carbonyl (C=O) groups excluding carboxylic acids is 1. The van der Waals surface area contributed by atoms with E-state index in [1.165, 1.54) is 0 Å². The zero-order chi connectivity index (χ0) is 9.14. The lowest BCUT2D eigenvalue weighted by molar-refractivity contribution is 0.239. The fourth-order valence-electron chi connectivity index (χ4n) is 0.709. The number of H-pyrrole nitrogens is 1. The van der Waals surface area contributed by atoms with E-state index < -0.39 is 11.7 Å². The Morgan fingerprint density at radius 2 is 2.42 bits per heavy atom. The third-order valence-electron chi connectivity index (χ3n) is 1.18. The van der Waals surface area contributed by atoms with Gasteiger partial charge in [0, 0.05) is 6.04 Å². The first-order valence-corrected chi connectivity index (χ1v) is 3.54. The Kier molecular flexibility index (Phi) is 2.27. The zero-order valence-electron chi connectivity index (χ0n) is 6.87. The van der Waals surface area contributed by atoms with E-state index in [0.29, 0.717) is 0 Å². The lowest BCUT2D eigenvalue weighted by atomic mass is 10.4. The van der Waals surface area contributed by atoms with Crippen molar-refractivity contribution in [3.05, 3.63) is 16.8 Å². The van der Waals surface area contributed by atoms with Gasteiger partial charge in [0.25, 0.3) is 0 Å². The largest absolute Gasteiger partial charge is 0.351 e. The second kappa shape index (κ2) is 3.21. The average molecular weight is 170 g/mol. The molecule has 0 atom stereocenters. The molecule has 1 heterocycles. The van der Waals surface area contributed by atoms with E-state index >= 15 is 0 Å². The molecule has 1 aromatic heterocycles. The first kappa shape index (κ1) is 8.51. The van der Waals surface area contributed by atoms with Gasteiger partial charge in [0.2, 0.25) is 0 Å². The van der Waals surface area contributed by atoms with Crippen molar-refractivity contribution < 1.29 is 4.79 Å². The van der Waals surface area contributed by atoms with E-state index in [1.807, 2.05) is 13.8 Å². The molecule has 0 aromatic carbocycles. The number of nitrogens with one attached hydrogen (secondary N) is 2. The monoisotopic (exact) mass is 170 g/mol. The molecule has 12 heavy (non-hydrogen) atoms. The molecule has 1 amide bonds. The van der Waals surface area contributed by atoms with Gasteiger partial charge in [-0.2, -0.15) is 5.10 Å². The van der Waals surface area contributed by atoms with E-state index in [9.17, 15) is 9.59 Å². The minimum absolute atomic E-state index is 0.000648. The summed E-state index contributed by atoms with van der Waals surface area (Å²) in [5.41, 5.74) is -0.534. The molecule has 1 rings (SSSR count). The smallest absolute Gasteiger partial charge is 0.335 e. The van der Waals surface area contributed by atoms with Crippen LogP contribution in [0.1, 0.15) is 13.8 Å². The highest BCUT2D eigenvalue weighted by molar-refractivity contribution is 5.76. The number of rotatable bonds is 1. The second-order valence-electron chi connectivity index (χ2n) is 2.64. The van der Waals surface area contributed by atoms with Crippen LogP contribution in [0.5, 0.6) is 0 Å². The highest BCUT2D eigenvalue weighted by Crippen LogP contribution is 1.80. The Balaban J connectivity index is 2.79. The number of aromatic nitrogens is 3. The summed E-state index contributed by atoms with van der Waals surface area (Å²) in [6.45, 7) is 3.62. The predicted molar refractivity (Wildman–Crippen MR) is 41.9 cm³/mol. The maximum Gasteiger partial charge on any atom is 0.351 e. The third kappa shape index (κ3) is 1.71. The summed E-state index contributed by atoms with van der Waals surface area (Å²) >= 11 is 0. The minimum atomic E-state index is -0.534. The molecule has 66 valence electrons. The van der Waals surface area contributed by atoms with Gasteiger partial charge in [0.1, 0.15) is 6.33 Å². The van der Waals surface area contributed by atoms with E-state index in [2.05, 4.69) is 15.5 Å². The molecular weight excluding hydrogens is 160 g/mol. The molecule has 2 N–H and O–H groups in total. The van der Waals surface area contributed by atoms with E-state index in [0.717, 1.165) is 10.9 Å². The second-order valence-corrected chi connectivity index (χ2v) is 2.64. The van der Waals surface area contributed by atoms with Crippen molar-refractivity contribution in [1.29, 1.82) is 0 Å². The van der Waals surface area contributed by atoms with E-state index in [1.54, 1.807) is 0 Å². The van der Waals surface area contributed by atoms with Crippen molar-refractivity contribution in [2.24, 2.45) is 0 Å². The van der Waals surface area contributed by atoms with Gasteiger partial charge in [-0.25, -0.2) is 19.3 Å². The van der Waals surface area contributed by atoms with Crippen molar-refractivity contribution in [2.45, 2.75) is 19.9 Å². The van der Waals surface area contributed by atoms with Crippen molar-refractivity contribution in [1.82, 2.24) is 20.1 Å². The average Bonchev–Trinajstić information content (AvgIpc) is 2.33. The molecule has 0 fully saturated rings. The number of hydrogen-bond acceptors (Lipinski definition) is 3. The Morgan fingerprint density at radius 1 is 1.75 bits per heavy atom. The van der Waals surface area contributed by atoms with Crippen molar-refractivity contribution in [2.75, 3.05) is 0 Å². The highest BCUT2D eigenvalue weighted by atomic mass is 16.2. The van der Waals surface area contributed by atoms with Crippen LogP contribution >= 0.6 is 0 Å². The fraction of sp³-hybridized carbons (Fsp3) is 0.500. The number of aromatic amines is 1. The normalized spacial score (nSPS) is 10.2. The Hall–Kier alpha value is -1.59. The van der Waals surface area contributed by atoms with Gasteiger partial charge in [0.15, 0.2) is 0 Å². The van der Waals surface area contributed by atoms with Crippen LogP contribution in [0.3, 0.4) is 0 Å². The highest BCUT2D eigenvalue weighted by Gasteiger charge is 2.07. The Labute approximate surface area is 68.6 Å². The lowest BCUT2D eigenvalue weighted by Crippen LogP contribution is -2.38. The van der Waals surface area contributed by atoms with Crippen LogP contribution in [0.2, 0.25) is 0 Å². The molecule has 1 aromatic rings. The van der Waals surface area contributed by atoms with Crippen LogP contribution in [0, 0.1) is 0 Å². The molecule has 0 radical (unpaired) electrons. The fourth-order valence-corrected chi connectivity index (χ4v) is 0.709. The molecular formula is C6H10N4O2. The van der Waals surface area contributed by atoms with E-state index in [-0.39, 0.29) is 6.04 Å². The van der Waals surface area contributed by atoms with E-state index in [4.69, 9.17) is 0 Å². The quantitative estimate of drug-likeness (QED) is 0.598. The molecule has 0 unspecified atom stereocenters. The van der Waals surface area contributed by atoms with Crippen LogP contribution in [-0.4, -0.2) is 26.8 Å². The maximum absolute atomic E-state index is 11.1. The predicted octanol–water partition coefficient (Wildman–Crippen LogP) is -0.463. The number of nitrogens with zero attached hydrogens (tertiary/aromatic N) is 2. The summed E-state index contributed by atoms with van der Waals surface area (Å²) < 4.78 is 0.875. The summed E-state index contributed by atoms with van der Waals surface area (Å²) in [7, 11) is 0. The number of hydrogen-bond donors (Lipinski definition) is 2. The molecule has 0 spiro atoms. The first-order valence-electron chi connectivity index (χ1n) is 3.54. The molecule has 0 aliphatic heterocycles. The van der Waals surface area contributed by atoms with Gasteiger partial charge in [-0.1, -0.05) is 0 Å². The van der Waals surface area contributed by atoms with Crippen molar-refractivity contribution in [3.8, 4) is 0 Å². The van der Waals surface area contributed by atoms with Gasteiger partial charge in [-0.15, -0.1) is 0 Å². The molecule has 0 saturated heterocycles. The minimum Gasteiger partial charge on any atom is -0.335 e. The maximum atomic E-state index is 11.1. The molecule has 0 bridgehead atoms. The Bertz CT molecular complexity index is 324. The van der Waals surface area contributed by atoms with Gasteiger partial charge >= 0.3 is 11.7 Å². The van der Waals surface area contributed by atoms with Gasteiger partial charge in [-0.3, -0.25) is 0 Å². The molecule has 6 heteroatoms. The van der Waals surface area contributed by atoms with Crippen molar-refractivity contribution >= 4 is 6.03 Å². The lowest BCUT2D eigenvalue weighted by Gasteiger charge is -2.06. The third-order valence-corrected chi connectivity index (χ3v) is 1.18. The van der Waals surface area contributed by atoms with Crippen LogP contribution in [-0.2, 0) is 0 Å². The number of carbonyl (C=O) groups is 1. The molecule has 6 nitrogen and oxygen atoms in total. The molecule has 0 saturated carbocycles. The topological polar surface area (TPSA) is 79.8 Å². The molecule has 0 aliphatic carbocycles. The summed E-state index contributed by atoms with van der Waals surface area (Å²) in [6, 6.07) is -0.469. The van der Waals surface area contributed by atoms with Crippen LogP contribution < -0.4 is 11.0 Å². The van der Waals surface area contributed by atoms with Gasteiger partial charge in [-0.05, 0) is 13.8 Å². The zero-order valence-corrected chi connectivity index (χ0v) is 6.87. The van der Waals surface area contributed by atoms with Crippen LogP contribution in [0.25, 0.3) is 0 Å². The summed E-state index contributed by atoms with van der Waals surface area (Å²) in [6.07, 6.45) is 1.14. The van der Waals surface area contributed by atoms with Gasteiger partial charge in [0.05, 0.1) is 0 Å². The van der Waals surface area contributed by atoms with Crippen molar-refractivity contribution in [3.63, 3.8) is 0 Å². The van der Waals surface area contributed by atoms with Crippen LogP contribution in [0.4, 0.5) is 4.79 Å². The Morgan fingerprint density at radius 3 is 2.83 bits per heavy atom. The van der Waals surface area contributed by atoms with Crippen LogP contribution in [0.15, 0.2) is 11.1 Å². The number of amides is 1. The standard InChI is InChI=1S/C6H10N4O2/c1-4(2)8-5(11)10-3-7-9-6(10)12/h3-4H,1-2H3,(H,8,11)(H,9,12). The summed E-state index contributed by atoms with van der Waals surface area (Å²) in [4.78, 5) is 22.0. The SMILES string of the molecule is CC(C)NC(=O)n1cn[nH]c1=O. The first-order chi connectivity index (χ1) is 5.61. The summed E-state index contributed by atoms with van der Waals surface area (Å²) in [5.74, 6) is 0. The molecule has 0 aliphatic rings. The summed E-state index contributed by atoms with van der Waals surface area (Å²) in [5, 5.41) is 8.08. The van der Waals surface area contributed by atoms with Gasteiger partial charge < -0.3 is 5.32 Å².